The van der Waals surface area contributed by atoms with Crippen molar-refractivity contribution in [2.24, 2.45) is 17.5 Å². The summed E-state index contributed by atoms with van der Waals surface area (Å²) in [6.07, 6.45) is 3.62. The molecule has 26 heavy (non-hydrogen) atoms. The number of nitrogens with zero attached hydrogens (tertiary/aromatic N) is 3. The van der Waals surface area contributed by atoms with Gasteiger partial charge in [-0.3, -0.25) is 9.67 Å². The molecule has 1 aromatic heterocycles. The zero-order valence-electron chi connectivity index (χ0n) is 17.3. The highest BCUT2D eigenvalue weighted by Gasteiger charge is 2.53. The predicted molar refractivity (Wildman–Crippen MR) is 118 cm³/mol. The third-order valence-corrected chi connectivity index (χ3v) is 6.10. The fourth-order valence-electron chi connectivity index (χ4n) is 4.19. The molecule has 0 radical (unpaired) electrons. The monoisotopic (exact) mass is 477 g/mol. The van der Waals surface area contributed by atoms with E-state index in [0.717, 1.165) is 44.1 Å². The number of hydrogen-bond donors (Lipinski definition) is 2. The molecule has 0 saturated heterocycles. The molecule has 1 aliphatic rings. The minimum absolute atomic E-state index is 0. The van der Waals surface area contributed by atoms with Crippen molar-refractivity contribution >= 4 is 29.9 Å². The first-order chi connectivity index (χ1) is 11.9. The molecular weight excluding hydrogens is 441 g/mol. The maximum absolute atomic E-state index is 5.97. The highest BCUT2D eigenvalue weighted by Crippen LogP contribution is 2.48. The van der Waals surface area contributed by atoms with Gasteiger partial charge < -0.3 is 15.4 Å². The zero-order valence-corrected chi connectivity index (χ0v) is 19.7. The van der Waals surface area contributed by atoms with Gasteiger partial charge in [-0.15, -0.1) is 24.0 Å². The molecule has 1 aromatic rings. The second-order valence-corrected chi connectivity index (χ2v) is 7.02. The fraction of sp³-hybridized carbons (Fsp3) is 0.789. The highest BCUT2D eigenvalue weighted by molar-refractivity contribution is 14.0. The van der Waals surface area contributed by atoms with Gasteiger partial charge in [-0.25, -0.2) is 0 Å². The van der Waals surface area contributed by atoms with Crippen LogP contribution in [0.5, 0.6) is 0 Å². The summed E-state index contributed by atoms with van der Waals surface area (Å²) in [5.41, 5.74) is 3.70. The molecule has 0 spiro atoms. The molecule has 150 valence electrons. The predicted octanol–water partition coefficient (Wildman–Crippen LogP) is 3.30. The first kappa shape index (κ1) is 23.2. The van der Waals surface area contributed by atoms with Gasteiger partial charge in [0.05, 0.1) is 11.8 Å². The number of guanidine groups is 1. The minimum atomic E-state index is 0. The van der Waals surface area contributed by atoms with Crippen molar-refractivity contribution < 1.29 is 4.74 Å². The number of nitrogens with one attached hydrogen (secondary N) is 2. The Kier molecular flexibility index (Phi) is 8.85. The molecular formula is C19H36IN5O. The molecule has 1 heterocycles. The van der Waals surface area contributed by atoms with Crippen LogP contribution in [-0.2, 0) is 18.3 Å². The van der Waals surface area contributed by atoms with Gasteiger partial charge in [0.25, 0.3) is 0 Å². The van der Waals surface area contributed by atoms with Crippen molar-refractivity contribution in [2.75, 3.05) is 13.7 Å². The van der Waals surface area contributed by atoms with Crippen LogP contribution in [0.15, 0.2) is 4.99 Å². The molecule has 1 aliphatic carbocycles. The number of halogens is 1. The molecule has 1 saturated carbocycles. The largest absolute Gasteiger partial charge is 0.378 e. The second kappa shape index (κ2) is 9.92. The third kappa shape index (κ3) is 4.35. The summed E-state index contributed by atoms with van der Waals surface area (Å²) >= 11 is 0. The van der Waals surface area contributed by atoms with E-state index in [1.165, 1.54) is 11.3 Å². The summed E-state index contributed by atoms with van der Waals surface area (Å²) in [7, 11) is 3.81. The fourth-order valence-corrected chi connectivity index (χ4v) is 4.19. The van der Waals surface area contributed by atoms with E-state index < -0.39 is 0 Å². The Morgan fingerprint density at radius 2 is 1.96 bits per heavy atom. The molecule has 6 nitrogen and oxygen atoms in total. The van der Waals surface area contributed by atoms with E-state index in [1.807, 2.05) is 18.8 Å². The number of ether oxygens (including phenoxy) is 1. The van der Waals surface area contributed by atoms with Crippen LogP contribution in [0.25, 0.3) is 0 Å². The lowest BCUT2D eigenvalue weighted by atomic mass is 9.58. The Morgan fingerprint density at radius 1 is 1.31 bits per heavy atom. The number of aliphatic imine (C=N–C) groups is 1. The molecule has 0 aliphatic heterocycles. The van der Waals surface area contributed by atoms with Gasteiger partial charge in [-0.1, -0.05) is 13.8 Å². The van der Waals surface area contributed by atoms with Crippen LogP contribution in [-0.4, -0.2) is 41.5 Å². The molecule has 0 aromatic carbocycles. The number of aryl methyl sites for hydroxylation is 2. The van der Waals surface area contributed by atoms with Crippen molar-refractivity contribution in [3.8, 4) is 0 Å². The molecule has 2 rings (SSSR count). The van der Waals surface area contributed by atoms with Gasteiger partial charge in [0, 0.05) is 50.0 Å². The van der Waals surface area contributed by atoms with Crippen LogP contribution < -0.4 is 10.6 Å². The summed E-state index contributed by atoms with van der Waals surface area (Å²) in [6.45, 7) is 12.3. The molecule has 0 amide bonds. The van der Waals surface area contributed by atoms with E-state index in [2.05, 4.69) is 55.3 Å². The van der Waals surface area contributed by atoms with Crippen LogP contribution in [0.3, 0.4) is 0 Å². The molecule has 7 heteroatoms. The van der Waals surface area contributed by atoms with E-state index in [-0.39, 0.29) is 29.4 Å². The maximum Gasteiger partial charge on any atom is 0.191 e. The van der Waals surface area contributed by atoms with E-state index in [9.17, 15) is 0 Å². The SMILES string of the molecule is CCOC1CC(NC(=NC)NCc2c(C)nn(C)c2C)C1(CC)CC.I. The molecule has 2 unspecified atom stereocenters. The van der Waals surface area contributed by atoms with Crippen LogP contribution in [0.1, 0.15) is 57.0 Å². The number of rotatable bonds is 7. The molecule has 2 atom stereocenters. The Balaban J connectivity index is 0.00000338. The number of aromatic nitrogens is 2. The van der Waals surface area contributed by atoms with Gasteiger partial charge in [0.1, 0.15) is 0 Å². The Labute approximate surface area is 175 Å². The Morgan fingerprint density at radius 3 is 2.42 bits per heavy atom. The quantitative estimate of drug-likeness (QED) is 0.360. The van der Waals surface area contributed by atoms with Crippen molar-refractivity contribution in [3.05, 3.63) is 17.0 Å². The summed E-state index contributed by atoms with van der Waals surface area (Å²) in [4.78, 5) is 4.42. The van der Waals surface area contributed by atoms with Crippen LogP contribution in [0.4, 0.5) is 0 Å². The maximum atomic E-state index is 5.97. The van der Waals surface area contributed by atoms with E-state index in [4.69, 9.17) is 4.74 Å². The summed E-state index contributed by atoms with van der Waals surface area (Å²) in [5.74, 6) is 0.855. The van der Waals surface area contributed by atoms with Crippen LogP contribution in [0, 0.1) is 19.3 Å². The van der Waals surface area contributed by atoms with Crippen molar-refractivity contribution in [1.29, 1.82) is 0 Å². The van der Waals surface area contributed by atoms with Crippen molar-refractivity contribution in [1.82, 2.24) is 20.4 Å². The molecule has 2 N–H and O–H groups in total. The summed E-state index contributed by atoms with van der Waals surface area (Å²) in [5, 5.41) is 11.6. The third-order valence-electron chi connectivity index (χ3n) is 6.10. The van der Waals surface area contributed by atoms with Crippen molar-refractivity contribution in [2.45, 2.75) is 72.6 Å². The van der Waals surface area contributed by atoms with E-state index >= 15 is 0 Å². The van der Waals surface area contributed by atoms with Crippen LogP contribution >= 0.6 is 24.0 Å². The summed E-state index contributed by atoms with van der Waals surface area (Å²) < 4.78 is 7.90. The first-order valence-corrected chi connectivity index (χ1v) is 9.51. The highest BCUT2D eigenvalue weighted by atomic mass is 127. The lowest BCUT2D eigenvalue weighted by Gasteiger charge is -2.55. The minimum Gasteiger partial charge on any atom is -0.378 e. The second-order valence-electron chi connectivity index (χ2n) is 7.02. The van der Waals surface area contributed by atoms with Gasteiger partial charge in [-0.05, 0) is 40.0 Å². The van der Waals surface area contributed by atoms with Gasteiger partial charge in [0.15, 0.2) is 5.96 Å². The smallest absolute Gasteiger partial charge is 0.191 e. The zero-order chi connectivity index (χ0) is 18.6. The average Bonchev–Trinajstić information content (AvgIpc) is 2.83. The standard InChI is InChI=1S/C19H35N5O.HI/c1-8-19(9-2)16(11-17(19)25-10-3)22-18(20-6)21-12-15-13(4)23-24(7)14(15)5;/h16-17H,8-12H2,1-7H3,(H2,20,21,22);1H. The Bertz CT molecular complexity index is 609. The average molecular weight is 477 g/mol. The van der Waals surface area contributed by atoms with Crippen LogP contribution in [0.2, 0.25) is 0 Å². The normalized spacial score (nSPS) is 21.7. The molecule has 0 bridgehead atoms. The van der Waals surface area contributed by atoms with Gasteiger partial charge in [0.2, 0.25) is 0 Å². The lowest BCUT2D eigenvalue weighted by Crippen LogP contribution is -2.65. The number of hydrogen-bond acceptors (Lipinski definition) is 3. The van der Waals surface area contributed by atoms with Gasteiger partial charge in [-0.2, -0.15) is 5.10 Å². The van der Waals surface area contributed by atoms with E-state index in [1.54, 1.807) is 0 Å². The molecule has 1 fully saturated rings. The Hall–Kier alpha value is -0.830. The first-order valence-electron chi connectivity index (χ1n) is 9.51. The lowest BCUT2D eigenvalue weighted by molar-refractivity contribution is -0.133. The summed E-state index contributed by atoms with van der Waals surface area (Å²) in [6, 6.07) is 0.404. The van der Waals surface area contributed by atoms with Crippen molar-refractivity contribution in [3.63, 3.8) is 0 Å². The van der Waals surface area contributed by atoms with Gasteiger partial charge >= 0.3 is 0 Å². The van der Waals surface area contributed by atoms with E-state index in [0.29, 0.717) is 12.1 Å². The topological polar surface area (TPSA) is 63.5 Å².